The monoisotopic (exact) mass is 184 g/mol. The first-order valence-electron chi connectivity index (χ1n) is 4.49. The lowest BCUT2D eigenvalue weighted by molar-refractivity contribution is -0.140. The quantitative estimate of drug-likeness (QED) is 0.642. The Morgan fingerprint density at radius 3 is 2.46 bits per heavy atom. The van der Waals surface area contributed by atoms with Gasteiger partial charge in [-0.05, 0) is 19.8 Å². The molecule has 1 aliphatic heterocycles. The summed E-state index contributed by atoms with van der Waals surface area (Å²) in [6, 6.07) is 0. The third-order valence-electron chi connectivity index (χ3n) is 2.33. The fourth-order valence-electron chi connectivity index (χ4n) is 1.48. The molecule has 1 N–H and O–H groups in total. The fraction of sp³-hybridized carbons (Fsp3) is 0.778. The van der Waals surface area contributed by atoms with Crippen molar-refractivity contribution in [2.75, 3.05) is 13.1 Å². The van der Waals surface area contributed by atoms with E-state index in [-0.39, 0.29) is 11.8 Å². The molecule has 0 aromatic heterocycles. The van der Waals surface area contributed by atoms with Crippen molar-refractivity contribution < 1.29 is 14.7 Å². The topological polar surface area (TPSA) is 57.6 Å². The van der Waals surface area contributed by atoms with Crippen molar-refractivity contribution in [2.24, 2.45) is 5.92 Å². The zero-order valence-corrected chi connectivity index (χ0v) is 7.69. The SMILES string of the molecule is CC(O)C(=O)N1CCC([C]=O)CC1. The fourth-order valence-corrected chi connectivity index (χ4v) is 1.48. The molecule has 1 unspecified atom stereocenters. The Labute approximate surface area is 77.5 Å². The number of hydrogen-bond acceptors (Lipinski definition) is 3. The summed E-state index contributed by atoms with van der Waals surface area (Å²) in [4.78, 5) is 23.2. The third-order valence-corrected chi connectivity index (χ3v) is 2.33. The predicted octanol–water partition coefficient (Wildman–Crippen LogP) is -0.285. The summed E-state index contributed by atoms with van der Waals surface area (Å²) in [6.07, 6.45) is 2.35. The summed E-state index contributed by atoms with van der Waals surface area (Å²) < 4.78 is 0. The van der Waals surface area contributed by atoms with Gasteiger partial charge in [-0.25, -0.2) is 0 Å². The lowest BCUT2D eigenvalue weighted by atomic mass is 9.98. The van der Waals surface area contributed by atoms with Gasteiger partial charge in [-0.2, -0.15) is 0 Å². The highest BCUT2D eigenvalue weighted by Crippen LogP contribution is 2.15. The molecule has 1 heterocycles. The highest BCUT2D eigenvalue weighted by Gasteiger charge is 2.24. The normalized spacial score (nSPS) is 21.2. The van der Waals surface area contributed by atoms with Gasteiger partial charge < -0.3 is 10.0 Å². The smallest absolute Gasteiger partial charge is 0.251 e. The molecule has 1 amide bonds. The molecule has 1 radical (unpaired) electrons. The molecule has 0 bridgehead atoms. The van der Waals surface area contributed by atoms with Crippen LogP contribution in [0, 0.1) is 5.92 Å². The molecule has 1 atom stereocenters. The van der Waals surface area contributed by atoms with Gasteiger partial charge in [0.05, 0.1) is 0 Å². The number of rotatable bonds is 2. The lowest BCUT2D eigenvalue weighted by Crippen LogP contribution is -2.43. The van der Waals surface area contributed by atoms with Crippen LogP contribution in [0.25, 0.3) is 0 Å². The van der Waals surface area contributed by atoms with E-state index in [1.807, 2.05) is 6.29 Å². The molecule has 1 saturated heterocycles. The number of carbonyl (C=O) groups excluding carboxylic acids is 2. The van der Waals surface area contributed by atoms with Crippen LogP contribution in [-0.4, -0.2) is 41.4 Å². The van der Waals surface area contributed by atoms with Gasteiger partial charge in [-0.1, -0.05) is 0 Å². The van der Waals surface area contributed by atoms with E-state index >= 15 is 0 Å². The molecule has 0 saturated carbocycles. The molecule has 0 aromatic carbocycles. The van der Waals surface area contributed by atoms with Gasteiger partial charge in [0.15, 0.2) is 0 Å². The van der Waals surface area contributed by atoms with Crippen molar-refractivity contribution in [2.45, 2.75) is 25.9 Å². The van der Waals surface area contributed by atoms with Crippen molar-refractivity contribution in [3.63, 3.8) is 0 Å². The number of carbonyl (C=O) groups is 1. The van der Waals surface area contributed by atoms with Crippen molar-refractivity contribution in [1.29, 1.82) is 0 Å². The van der Waals surface area contributed by atoms with Crippen LogP contribution in [0.1, 0.15) is 19.8 Å². The van der Waals surface area contributed by atoms with Gasteiger partial charge >= 0.3 is 0 Å². The van der Waals surface area contributed by atoms with E-state index in [4.69, 9.17) is 5.11 Å². The number of likely N-dealkylation sites (tertiary alicyclic amines) is 1. The Morgan fingerprint density at radius 1 is 1.54 bits per heavy atom. The number of nitrogens with zero attached hydrogens (tertiary/aromatic N) is 1. The summed E-state index contributed by atoms with van der Waals surface area (Å²) >= 11 is 0. The number of aliphatic hydroxyl groups excluding tert-OH is 1. The van der Waals surface area contributed by atoms with E-state index in [1.54, 1.807) is 4.90 Å². The second kappa shape index (κ2) is 4.37. The van der Waals surface area contributed by atoms with Gasteiger partial charge in [-0.15, -0.1) is 0 Å². The minimum Gasteiger partial charge on any atom is -0.384 e. The van der Waals surface area contributed by atoms with Crippen LogP contribution in [0.2, 0.25) is 0 Å². The van der Waals surface area contributed by atoms with Gasteiger partial charge in [0.1, 0.15) is 6.10 Å². The second-order valence-electron chi connectivity index (χ2n) is 3.39. The lowest BCUT2D eigenvalue weighted by Gasteiger charge is -2.30. The molecule has 0 aromatic rings. The average Bonchev–Trinajstić information content (AvgIpc) is 2.17. The summed E-state index contributed by atoms with van der Waals surface area (Å²) in [5.41, 5.74) is 0. The molecule has 1 aliphatic rings. The van der Waals surface area contributed by atoms with E-state index in [0.29, 0.717) is 25.9 Å². The Kier molecular flexibility index (Phi) is 3.42. The van der Waals surface area contributed by atoms with Crippen molar-refractivity contribution in [1.82, 2.24) is 4.90 Å². The third kappa shape index (κ3) is 2.52. The Balaban J connectivity index is 2.40. The largest absolute Gasteiger partial charge is 0.384 e. The van der Waals surface area contributed by atoms with Crippen LogP contribution in [0.4, 0.5) is 0 Å². The molecule has 0 spiro atoms. The molecule has 1 rings (SSSR count). The Morgan fingerprint density at radius 2 is 2.08 bits per heavy atom. The molecular weight excluding hydrogens is 170 g/mol. The van der Waals surface area contributed by atoms with Crippen LogP contribution in [0.3, 0.4) is 0 Å². The number of amides is 1. The second-order valence-corrected chi connectivity index (χ2v) is 3.39. The first kappa shape index (κ1) is 10.2. The van der Waals surface area contributed by atoms with Gasteiger partial charge in [0.2, 0.25) is 6.29 Å². The van der Waals surface area contributed by atoms with E-state index in [9.17, 15) is 9.59 Å². The van der Waals surface area contributed by atoms with Crippen LogP contribution in [0.5, 0.6) is 0 Å². The standard InChI is InChI=1S/C9H14NO3/c1-7(12)9(13)10-4-2-8(6-11)3-5-10/h7-8,12H,2-5H2,1H3. The maximum Gasteiger partial charge on any atom is 0.251 e. The highest BCUT2D eigenvalue weighted by molar-refractivity contribution is 5.80. The first-order chi connectivity index (χ1) is 6.15. The van der Waals surface area contributed by atoms with Gasteiger partial charge in [-0.3, -0.25) is 9.59 Å². The van der Waals surface area contributed by atoms with E-state index in [2.05, 4.69) is 0 Å². The van der Waals surface area contributed by atoms with Crippen LogP contribution >= 0.6 is 0 Å². The maximum atomic E-state index is 11.3. The zero-order valence-electron chi connectivity index (χ0n) is 7.69. The molecule has 4 nitrogen and oxygen atoms in total. The highest BCUT2D eigenvalue weighted by atomic mass is 16.3. The van der Waals surface area contributed by atoms with E-state index in [1.165, 1.54) is 6.92 Å². The maximum absolute atomic E-state index is 11.3. The Hall–Kier alpha value is -0.900. The number of hydrogen-bond donors (Lipinski definition) is 1. The number of piperidine rings is 1. The van der Waals surface area contributed by atoms with E-state index in [0.717, 1.165) is 0 Å². The summed E-state index contributed by atoms with van der Waals surface area (Å²) in [7, 11) is 0. The van der Waals surface area contributed by atoms with Crippen LogP contribution in [0.15, 0.2) is 0 Å². The predicted molar refractivity (Wildman–Crippen MR) is 46.7 cm³/mol. The van der Waals surface area contributed by atoms with Crippen molar-refractivity contribution in [3.05, 3.63) is 0 Å². The van der Waals surface area contributed by atoms with Gasteiger partial charge in [0.25, 0.3) is 5.91 Å². The molecule has 4 heteroatoms. The van der Waals surface area contributed by atoms with Crippen LogP contribution < -0.4 is 0 Å². The Bertz CT molecular complexity index is 195. The number of aliphatic hydroxyl groups is 1. The summed E-state index contributed by atoms with van der Waals surface area (Å²) in [5.74, 6) is -0.276. The first-order valence-corrected chi connectivity index (χ1v) is 4.49. The van der Waals surface area contributed by atoms with Crippen LogP contribution in [-0.2, 0) is 9.59 Å². The van der Waals surface area contributed by atoms with Crippen molar-refractivity contribution >= 4 is 12.2 Å². The molecule has 73 valence electrons. The average molecular weight is 184 g/mol. The zero-order chi connectivity index (χ0) is 9.84. The summed E-state index contributed by atoms with van der Waals surface area (Å²) in [6.45, 7) is 2.58. The molecular formula is C9H14NO3. The van der Waals surface area contributed by atoms with Crippen molar-refractivity contribution in [3.8, 4) is 0 Å². The minimum absolute atomic E-state index is 0.0296. The summed E-state index contributed by atoms with van der Waals surface area (Å²) in [5, 5.41) is 9.03. The molecule has 13 heavy (non-hydrogen) atoms. The minimum atomic E-state index is -0.934. The molecule has 0 aliphatic carbocycles. The van der Waals surface area contributed by atoms with E-state index < -0.39 is 6.10 Å². The van der Waals surface area contributed by atoms with Gasteiger partial charge in [0, 0.05) is 19.0 Å². The molecule has 1 fully saturated rings.